The highest BCUT2D eigenvalue weighted by molar-refractivity contribution is 7.19. The molecule has 0 amide bonds. The van der Waals surface area contributed by atoms with Crippen LogP contribution in [0.3, 0.4) is 0 Å². The molecule has 0 spiro atoms. The fourth-order valence-corrected chi connectivity index (χ4v) is 5.46. The average molecular weight is 485 g/mol. The fraction of sp³-hybridized carbons (Fsp3) is 0.522. The summed E-state index contributed by atoms with van der Waals surface area (Å²) in [6.45, 7) is 0.437. The van der Waals surface area contributed by atoms with Crippen molar-refractivity contribution in [2.75, 3.05) is 5.32 Å². The van der Waals surface area contributed by atoms with Crippen LogP contribution in [0.1, 0.15) is 68.5 Å². The van der Waals surface area contributed by atoms with Gasteiger partial charge in [0.2, 0.25) is 5.89 Å². The van der Waals surface area contributed by atoms with Gasteiger partial charge in [0.1, 0.15) is 6.07 Å². The van der Waals surface area contributed by atoms with Crippen molar-refractivity contribution in [2.24, 2.45) is 5.92 Å². The summed E-state index contributed by atoms with van der Waals surface area (Å²) >= 11 is 7.68. The Balaban J connectivity index is 1.29. The molecule has 2 aliphatic carbocycles. The Labute approximate surface area is 201 Å². The lowest BCUT2D eigenvalue weighted by molar-refractivity contribution is 0.153. The Morgan fingerprint density at radius 1 is 1.18 bits per heavy atom. The second-order valence-corrected chi connectivity index (χ2v) is 10.4. The number of aromatic nitrogens is 4. The molecule has 10 heteroatoms. The van der Waals surface area contributed by atoms with Gasteiger partial charge in [-0.05, 0) is 61.2 Å². The zero-order valence-electron chi connectivity index (χ0n) is 18.2. The summed E-state index contributed by atoms with van der Waals surface area (Å²) in [5, 5.41) is 16.9. The molecule has 8 nitrogen and oxygen atoms in total. The van der Waals surface area contributed by atoms with Crippen LogP contribution in [-0.4, -0.2) is 26.2 Å². The first kappa shape index (κ1) is 22.1. The maximum absolute atomic E-state index is 9.65. The van der Waals surface area contributed by atoms with Crippen LogP contribution < -0.4 is 10.1 Å². The SMILES string of the molecule is N#Cc1nc(-c2sc(Cl)cc2CNc2noc(CC3CCC3)n2)ncc1OC1CCCCC1. The summed E-state index contributed by atoms with van der Waals surface area (Å²) in [4.78, 5) is 14.2. The highest BCUT2D eigenvalue weighted by atomic mass is 35.5. The van der Waals surface area contributed by atoms with Gasteiger partial charge >= 0.3 is 0 Å². The van der Waals surface area contributed by atoms with Gasteiger partial charge in [0.15, 0.2) is 17.3 Å². The highest BCUT2D eigenvalue weighted by Gasteiger charge is 2.22. The quantitative estimate of drug-likeness (QED) is 0.428. The van der Waals surface area contributed by atoms with E-state index in [-0.39, 0.29) is 11.8 Å². The summed E-state index contributed by atoms with van der Waals surface area (Å²) in [5.41, 5.74) is 1.15. The standard InChI is InChI=1S/C23H25ClN6O2S/c24-19-10-15(12-27-23-29-20(32-30-23)9-14-5-4-6-14)21(33-19)22-26-13-18(17(11-25)28-22)31-16-7-2-1-3-8-16/h10,13-14,16H,1-9,12H2,(H,27,30). The smallest absolute Gasteiger partial charge is 0.263 e. The van der Waals surface area contributed by atoms with Crippen LogP contribution in [0.15, 0.2) is 16.8 Å². The fourth-order valence-electron chi connectivity index (χ4n) is 4.25. The summed E-state index contributed by atoms with van der Waals surface area (Å²) in [7, 11) is 0. The van der Waals surface area contributed by atoms with Crippen molar-refractivity contribution >= 4 is 28.9 Å². The molecule has 5 rings (SSSR count). The maximum Gasteiger partial charge on any atom is 0.263 e. The van der Waals surface area contributed by atoms with E-state index >= 15 is 0 Å². The van der Waals surface area contributed by atoms with Crippen LogP contribution in [-0.2, 0) is 13.0 Å². The molecule has 2 aliphatic rings. The monoisotopic (exact) mass is 484 g/mol. The first-order valence-electron chi connectivity index (χ1n) is 11.5. The van der Waals surface area contributed by atoms with E-state index in [0.29, 0.717) is 40.2 Å². The van der Waals surface area contributed by atoms with E-state index < -0.39 is 0 Å². The van der Waals surface area contributed by atoms with E-state index in [2.05, 4.69) is 31.5 Å². The second-order valence-electron chi connectivity index (χ2n) is 8.67. The molecule has 0 saturated heterocycles. The van der Waals surface area contributed by atoms with Crippen LogP contribution in [0.2, 0.25) is 4.34 Å². The van der Waals surface area contributed by atoms with E-state index in [9.17, 15) is 5.26 Å². The Hall–Kier alpha value is -2.70. The summed E-state index contributed by atoms with van der Waals surface area (Å²) in [6.07, 6.45) is 11.9. The van der Waals surface area contributed by atoms with Gasteiger partial charge in [0, 0.05) is 13.0 Å². The molecule has 3 aromatic heterocycles. The molecule has 0 bridgehead atoms. The van der Waals surface area contributed by atoms with E-state index in [0.717, 1.165) is 42.5 Å². The van der Waals surface area contributed by atoms with Crippen molar-refractivity contribution in [1.82, 2.24) is 20.1 Å². The van der Waals surface area contributed by atoms with Crippen molar-refractivity contribution in [3.63, 3.8) is 0 Å². The van der Waals surface area contributed by atoms with Gasteiger partial charge in [-0.1, -0.05) is 24.4 Å². The molecule has 0 aliphatic heterocycles. The van der Waals surface area contributed by atoms with Crippen molar-refractivity contribution in [2.45, 2.75) is 70.4 Å². The molecule has 0 aromatic carbocycles. The lowest BCUT2D eigenvalue weighted by atomic mass is 9.83. The van der Waals surface area contributed by atoms with Crippen LogP contribution in [0.4, 0.5) is 5.95 Å². The predicted octanol–water partition coefficient (Wildman–Crippen LogP) is 5.78. The molecule has 3 aromatic rings. The van der Waals surface area contributed by atoms with Crippen LogP contribution >= 0.6 is 22.9 Å². The third kappa shape index (κ3) is 5.28. The molecular weight excluding hydrogens is 460 g/mol. The molecule has 1 N–H and O–H groups in total. The zero-order chi connectivity index (χ0) is 22.6. The van der Waals surface area contributed by atoms with E-state index in [1.54, 1.807) is 6.20 Å². The minimum atomic E-state index is 0.125. The number of halogens is 1. The summed E-state index contributed by atoms with van der Waals surface area (Å²) < 4.78 is 12.0. The molecule has 2 saturated carbocycles. The van der Waals surface area contributed by atoms with Crippen molar-refractivity contribution in [3.05, 3.63) is 33.7 Å². The second kappa shape index (κ2) is 10.1. The minimum Gasteiger partial charge on any atom is -0.486 e. The third-order valence-electron chi connectivity index (χ3n) is 6.28. The topological polar surface area (TPSA) is 110 Å². The van der Waals surface area contributed by atoms with Crippen LogP contribution in [0.5, 0.6) is 5.75 Å². The van der Waals surface area contributed by atoms with Gasteiger partial charge in [0.25, 0.3) is 5.95 Å². The molecule has 0 unspecified atom stereocenters. The Bertz CT molecular complexity index is 1150. The van der Waals surface area contributed by atoms with Crippen molar-refractivity contribution < 1.29 is 9.26 Å². The summed E-state index contributed by atoms with van der Waals surface area (Å²) in [6, 6.07) is 4.02. The number of nitrogens with zero attached hydrogens (tertiary/aromatic N) is 5. The molecule has 0 atom stereocenters. The number of hydrogen-bond acceptors (Lipinski definition) is 9. The van der Waals surface area contributed by atoms with Gasteiger partial charge in [-0.3, -0.25) is 0 Å². The molecule has 172 valence electrons. The molecular formula is C23H25ClN6O2S. The van der Waals surface area contributed by atoms with Crippen molar-refractivity contribution in [1.29, 1.82) is 5.26 Å². The molecule has 0 radical (unpaired) electrons. The number of rotatable bonds is 8. The Morgan fingerprint density at radius 3 is 2.79 bits per heavy atom. The van der Waals surface area contributed by atoms with Crippen molar-refractivity contribution in [3.8, 4) is 22.5 Å². The minimum absolute atomic E-state index is 0.125. The lowest BCUT2D eigenvalue weighted by Gasteiger charge is -2.23. The largest absolute Gasteiger partial charge is 0.486 e. The van der Waals surface area contributed by atoms with E-state index in [1.165, 1.54) is 37.0 Å². The number of ether oxygens (including phenoxy) is 1. The lowest BCUT2D eigenvalue weighted by Crippen LogP contribution is -2.20. The highest BCUT2D eigenvalue weighted by Crippen LogP contribution is 2.35. The zero-order valence-corrected chi connectivity index (χ0v) is 19.8. The van der Waals surface area contributed by atoms with Crippen LogP contribution in [0, 0.1) is 17.2 Å². The predicted molar refractivity (Wildman–Crippen MR) is 125 cm³/mol. The van der Waals surface area contributed by atoms with Gasteiger partial charge in [-0.2, -0.15) is 10.2 Å². The summed E-state index contributed by atoms with van der Waals surface area (Å²) in [5.74, 6) is 2.68. The Morgan fingerprint density at radius 2 is 2.03 bits per heavy atom. The number of nitrogens with one attached hydrogen (secondary N) is 1. The molecule has 2 fully saturated rings. The number of hydrogen-bond donors (Lipinski definition) is 1. The maximum atomic E-state index is 9.65. The molecule has 3 heterocycles. The van der Waals surface area contributed by atoms with E-state index in [1.807, 2.05) is 6.07 Å². The first-order valence-corrected chi connectivity index (χ1v) is 12.7. The molecule has 33 heavy (non-hydrogen) atoms. The van der Waals surface area contributed by atoms with Gasteiger partial charge < -0.3 is 14.6 Å². The number of anilines is 1. The third-order valence-corrected chi connectivity index (χ3v) is 7.58. The van der Waals surface area contributed by atoms with Crippen LogP contribution in [0.25, 0.3) is 10.7 Å². The normalized spacial score (nSPS) is 16.8. The first-order chi connectivity index (χ1) is 16.2. The van der Waals surface area contributed by atoms with Gasteiger partial charge in [0.05, 0.1) is 21.5 Å². The number of thiophene rings is 1. The number of nitriles is 1. The Kier molecular flexibility index (Phi) is 6.74. The van der Waals surface area contributed by atoms with E-state index in [4.69, 9.17) is 20.9 Å². The van der Waals surface area contributed by atoms with Gasteiger partial charge in [-0.15, -0.1) is 11.3 Å². The average Bonchev–Trinajstić information content (AvgIpc) is 3.41. The van der Waals surface area contributed by atoms with Gasteiger partial charge in [-0.25, -0.2) is 9.97 Å².